The van der Waals surface area contributed by atoms with Crippen LogP contribution in [-0.4, -0.2) is 47.7 Å². The third-order valence-electron chi connectivity index (χ3n) is 7.12. The smallest absolute Gasteiger partial charge is 0.303 e. The van der Waals surface area contributed by atoms with E-state index in [-0.39, 0.29) is 17.9 Å². The van der Waals surface area contributed by atoms with E-state index < -0.39 is 11.8 Å². The molecule has 2 aromatic carbocycles. The predicted octanol–water partition coefficient (Wildman–Crippen LogP) is 5.04. The van der Waals surface area contributed by atoms with E-state index in [4.69, 9.17) is 4.74 Å². The number of nitrogens with zero attached hydrogens (tertiary/aromatic N) is 3. The standard InChI is InChI=1S/C30H30FN3O3/c1-37-25-10-11-29-26(18-25)23(12-14-33-29)6-2-5-21-13-16-34(20-24(21)17-30(35)36)15-4-8-22-7-3-9-28(31)27(22)19-32/h3,7,9-12,14,18,21,24H,2,5-6,13,15-17,20H2,1H3,(H,35,36)/t21-,24+/m1/s1. The number of aryl methyl sites for hydroxylation is 1. The molecule has 0 radical (unpaired) electrons. The number of rotatable bonds is 8. The molecule has 0 spiro atoms. The molecule has 2 atom stereocenters. The van der Waals surface area contributed by atoms with E-state index in [1.165, 1.54) is 11.6 Å². The van der Waals surface area contributed by atoms with Crippen LogP contribution in [0.4, 0.5) is 4.39 Å². The van der Waals surface area contributed by atoms with Crippen molar-refractivity contribution in [2.45, 2.75) is 32.1 Å². The Bertz CT molecular complexity index is 1370. The lowest BCUT2D eigenvalue weighted by molar-refractivity contribution is -0.139. The zero-order valence-electron chi connectivity index (χ0n) is 20.9. The maximum absolute atomic E-state index is 13.8. The first-order valence-corrected chi connectivity index (χ1v) is 12.5. The van der Waals surface area contributed by atoms with Gasteiger partial charge in [-0.25, -0.2) is 4.39 Å². The summed E-state index contributed by atoms with van der Waals surface area (Å²) in [6, 6.07) is 14.2. The first kappa shape index (κ1) is 26.1. The van der Waals surface area contributed by atoms with Crippen molar-refractivity contribution in [1.82, 2.24) is 9.88 Å². The third kappa shape index (κ3) is 6.64. The Morgan fingerprint density at radius 2 is 2.14 bits per heavy atom. The number of carboxylic acids is 1. The van der Waals surface area contributed by atoms with Crippen LogP contribution >= 0.6 is 0 Å². The lowest BCUT2D eigenvalue weighted by atomic mass is 9.80. The fourth-order valence-electron chi connectivity index (χ4n) is 5.21. The molecule has 6 nitrogen and oxygen atoms in total. The molecule has 7 heteroatoms. The number of pyridine rings is 1. The van der Waals surface area contributed by atoms with Gasteiger partial charge in [0.15, 0.2) is 0 Å². The topological polar surface area (TPSA) is 86.5 Å². The molecule has 0 amide bonds. The number of nitriles is 1. The molecule has 0 aliphatic carbocycles. The van der Waals surface area contributed by atoms with E-state index in [0.29, 0.717) is 24.6 Å². The minimum Gasteiger partial charge on any atom is -0.497 e. The van der Waals surface area contributed by atoms with Crippen molar-refractivity contribution in [2.75, 3.05) is 26.7 Å². The van der Waals surface area contributed by atoms with Gasteiger partial charge >= 0.3 is 5.97 Å². The average molecular weight is 500 g/mol. The number of methoxy groups -OCH3 is 1. The number of hydrogen-bond acceptors (Lipinski definition) is 5. The van der Waals surface area contributed by atoms with Crippen molar-refractivity contribution in [2.24, 2.45) is 11.8 Å². The highest BCUT2D eigenvalue weighted by Gasteiger charge is 2.30. The van der Waals surface area contributed by atoms with Crippen LogP contribution in [0.1, 0.15) is 42.4 Å². The van der Waals surface area contributed by atoms with E-state index in [2.05, 4.69) is 21.7 Å². The molecule has 4 rings (SSSR count). The van der Waals surface area contributed by atoms with Crippen LogP contribution in [-0.2, 0) is 11.2 Å². The Labute approximate surface area is 216 Å². The van der Waals surface area contributed by atoms with Crippen LogP contribution in [0.2, 0.25) is 0 Å². The number of aromatic nitrogens is 1. The number of likely N-dealkylation sites (tertiary alicyclic amines) is 1. The summed E-state index contributed by atoms with van der Waals surface area (Å²) in [5.74, 6) is 5.78. The van der Waals surface area contributed by atoms with E-state index in [1.54, 1.807) is 19.2 Å². The monoisotopic (exact) mass is 499 g/mol. The van der Waals surface area contributed by atoms with Crippen LogP contribution in [0, 0.1) is 40.8 Å². The Morgan fingerprint density at radius 3 is 2.92 bits per heavy atom. The fourth-order valence-corrected chi connectivity index (χ4v) is 5.21. The molecular formula is C30H30FN3O3. The molecule has 1 aliphatic heterocycles. The number of piperidine rings is 1. The molecule has 1 N–H and O–H groups in total. The second kappa shape index (κ2) is 12.3. The largest absolute Gasteiger partial charge is 0.497 e. The molecule has 0 saturated carbocycles. The Balaban J connectivity index is 1.37. The zero-order chi connectivity index (χ0) is 26.2. The van der Waals surface area contributed by atoms with Crippen molar-refractivity contribution < 1.29 is 19.0 Å². The molecule has 0 unspecified atom stereocenters. The van der Waals surface area contributed by atoms with Crippen molar-refractivity contribution >= 4 is 16.9 Å². The van der Waals surface area contributed by atoms with E-state index >= 15 is 0 Å². The quantitative estimate of drug-likeness (QED) is 0.437. The summed E-state index contributed by atoms with van der Waals surface area (Å²) < 4.78 is 19.2. The molecule has 1 aliphatic rings. The number of carboxylic acid groups (broad SMARTS) is 1. The molecule has 37 heavy (non-hydrogen) atoms. The van der Waals surface area contributed by atoms with Gasteiger partial charge in [-0.2, -0.15) is 5.26 Å². The highest BCUT2D eigenvalue weighted by atomic mass is 19.1. The number of benzene rings is 2. The first-order chi connectivity index (χ1) is 18.0. The van der Waals surface area contributed by atoms with Crippen molar-refractivity contribution in [3.05, 3.63) is 71.2 Å². The molecule has 0 bridgehead atoms. The Morgan fingerprint density at radius 1 is 1.27 bits per heavy atom. The van der Waals surface area contributed by atoms with Crippen LogP contribution in [0.25, 0.3) is 10.9 Å². The number of aliphatic carboxylic acids is 1. The maximum atomic E-state index is 13.8. The van der Waals surface area contributed by atoms with Gasteiger partial charge in [-0.1, -0.05) is 17.9 Å². The third-order valence-corrected chi connectivity index (χ3v) is 7.12. The summed E-state index contributed by atoms with van der Waals surface area (Å²) in [7, 11) is 1.66. The highest BCUT2D eigenvalue weighted by Crippen LogP contribution is 2.31. The average Bonchev–Trinajstić information content (AvgIpc) is 2.89. The number of halogens is 1. The summed E-state index contributed by atoms with van der Waals surface area (Å²) in [4.78, 5) is 18.2. The fraction of sp³-hybridized carbons (Fsp3) is 0.367. The highest BCUT2D eigenvalue weighted by molar-refractivity contribution is 5.83. The minimum absolute atomic E-state index is 0.0436. The second-order valence-electron chi connectivity index (χ2n) is 9.46. The lowest BCUT2D eigenvalue weighted by Crippen LogP contribution is -2.41. The van der Waals surface area contributed by atoms with Gasteiger partial charge < -0.3 is 9.84 Å². The number of carbonyl (C=O) groups is 1. The normalized spacial score (nSPS) is 17.5. The zero-order valence-corrected chi connectivity index (χ0v) is 20.9. The molecule has 2 heterocycles. The SMILES string of the molecule is COc1ccc2nccc(CCC[C@@H]3CCN(CC#Cc4cccc(F)c4C#N)C[C@@H]3CC(=O)O)c2c1. The van der Waals surface area contributed by atoms with Crippen LogP contribution in [0.15, 0.2) is 48.7 Å². The molecule has 1 saturated heterocycles. The summed E-state index contributed by atoms with van der Waals surface area (Å²) in [6.45, 7) is 1.95. The Kier molecular flexibility index (Phi) is 8.72. The summed E-state index contributed by atoms with van der Waals surface area (Å²) in [5, 5.41) is 19.8. The van der Waals surface area contributed by atoms with E-state index in [0.717, 1.165) is 48.9 Å². The van der Waals surface area contributed by atoms with Gasteiger partial charge in [0.2, 0.25) is 0 Å². The van der Waals surface area contributed by atoms with Crippen molar-refractivity contribution in [1.29, 1.82) is 5.26 Å². The van der Waals surface area contributed by atoms with Gasteiger partial charge in [0, 0.05) is 30.1 Å². The predicted molar refractivity (Wildman–Crippen MR) is 140 cm³/mol. The molecule has 3 aromatic rings. The van der Waals surface area contributed by atoms with E-state index in [9.17, 15) is 19.6 Å². The van der Waals surface area contributed by atoms with Gasteiger partial charge in [-0.15, -0.1) is 0 Å². The summed E-state index contributed by atoms with van der Waals surface area (Å²) in [6.07, 6.45) is 5.70. The lowest BCUT2D eigenvalue weighted by Gasteiger charge is -2.37. The van der Waals surface area contributed by atoms with E-state index in [1.807, 2.05) is 36.5 Å². The summed E-state index contributed by atoms with van der Waals surface area (Å²) >= 11 is 0. The van der Waals surface area contributed by atoms with Gasteiger partial charge in [-0.05, 0) is 86.0 Å². The number of fused-ring (bicyclic) bond motifs is 1. The molecular weight excluding hydrogens is 469 g/mol. The Hall–Kier alpha value is -3.94. The van der Waals surface area contributed by atoms with Crippen LogP contribution in [0.3, 0.4) is 0 Å². The molecule has 1 aromatic heterocycles. The molecule has 1 fully saturated rings. The van der Waals surface area contributed by atoms with Gasteiger partial charge in [0.05, 0.1) is 19.2 Å². The van der Waals surface area contributed by atoms with Crippen LogP contribution < -0.4 is 4.74 Å². The van der Waals surface area contributed by atoms with Gasteiger partial charge in [0.1, 0.15) is 23.2 Å². The van der Waals surface area contributed by atoms with Gasteiger partial charge in [0.25, 0.3) is 0 Å². The number of hydrogen-bond donors (Lipinski definition) is 1. The number of ether oxygens (including phenoxy) is 1. The first-order valence-electron chi connectivity index (χ1n) is 12.5. The van der Waals surface area contributed by atoms with Crippen molar-refractivity contribution in [3.63, 3.8) is 0 Å². The van der Waals surface area contributed by atoms with Gasteiger partial charge in [-0.3, -0.25) is 14.7 Å². The maximum Gasteiger partial charge on any atom is 0.303 e. The van der Waals surface area contributed by atoms with Crippen molar-refractivity contribution in [3.8, 4) is 23.7 Å². The van der Waals surface area contributed by atoms with Crippen LogP contribution in [0.5, 0.6) is 5.75 Å². The second-order valence-corrected chi connectivity index (χ2v) is 9.46. The molecule has 190 valence electrons. The summed E-state index contributed by atoms with van der Waals surface area (Å²) in [5.41, 5.74) is 2.50. The minimum atomic E-state index is -0.784.